The van der Waals surface area contributed by atoms with Gasteiger partial charge in [0.1, 0.15) is 0 Å². The molecule has 0 aliphatic rings. The maximum Gasteiger partial charge on any atom is 0.0949 e. The first kappa shape index (κ1) is 23.7. The SMILES string of the molecule is CC(C)[Si](c1[c]cccc1[Si](C(C)C)(C(C)C)C(C)C)(C(C)C)C(C)C. The Balaban J connectivity index is 4.00. The zero-order chi connectivity index (χ0) is 20.4. The molecule has 0 amide bonds. The lowest BCUT2D eigenvalue weighted by atomic mass is 10.3. The Morgan fingerprint density at radius 1 is 0.577 bits per heavy atom. The second-order valence-electron chi connectivity index (χ2n) is 10.3. The summed E-state index contributed by atoms with van der Waals surface area (Å²) in [5, 5.41) is 3.44. The average molecular weight is 390 g/mol. The summed E-state index contributed by atoms with van der Waals surface area (Å²) in [5.74, 6) is 0. The van der Waals surface area contributed by atoms with Gasteiger partial charge in [0.2, 0.25) is 0 Å². The van der Waals surface area contributed by atoms with E-state index in [0.717, 1.165) is 33.2 Å². The lowest BCUT2D eigenvalue weighted by molar-refractivity contribution is 0.827. The van der Waals surface area contributed by atoms with Gasteiger partial charge in [-0.3, -0.25) is 0 Å². The van der Waals surface area contributed by atoms with Gasteiger partial charge in [-0.25, -0.2) is 0 Å². The van der Waals surface area contributed by atoms with Crippen LogP contribution in [0.2, 0.25) is 33.2 Å². The molecule has 0 atom stereocenters. The minimum Gasteiger partial charge on any atom is -0.0648 e. The molecule has 2 heteroatoms. The van der Waals surface area contributed by atoms with Crippen molar-refractivity contribution < 1.29 is 0 Å². The van der Waals surface area contributed by atoms with E-state index in [9.17, 15) is 0 Å². The third-order valence-corrected chi connectivity index (χ3v) is 21.8. The van der Waals surface area contributed by atoms with Crippen LogP contribution in [-0.4, -0.2) is 16.1 Å². The molecule has 149 valence electrons. The van der Waals surface area contributed by atoms with Gasteiger partial charge < -0.3 is 0 Å². The van der Waals surface area contributed by atoms with Crippen molar-refractivity contribution in [3.63, 3.8) is 0 Å². The summed E-state index contributed by atoms with van der Waals surface area (Å²) < 4.78 is 0. The summed E-state index contributed by atoms with van der Waals surface area (Å²) in [5.41, 5.74) is 4.44. The van der Waals surface area contributed by atoms with E-state index in [2.05, 4.69) is 107 Å². The van der Waals surface area contributed by atoms with Crippen molar-refractivity contribution in [1.82, 2.24) is 0 Å². The fraction of sp³-hybridized carbons (Fsp3) is 0.750. The summed E-state index contributed by atoms with van der Waals surface area (Å²) in [6.45, 7) is 29.9. The number of hydrogen-bond acceptors (Lipinski definition) is 0. The third kappa shape index (κ3) is 3.53. The first-order chi connectivity index (χ1) is 11.9. The summed E-state index contributed by atoms with van der Waals surface area (Å²) in [6.07, 6.45) is 0. The standard InChI is InChI=1S/C24H45Si2/c1-17(2)25(18(3)4,19(5)6)23-15-13-14-16-24(23)26(20(7)8,21(9)10)22(11)12/h13-15,17-22H,1-12H3. The van der Waals surface area contributed by atoms with Crippen molar-refractivity contribution in [1.29, 1.82) is 0 Å². The van der Waals surface area contributed by atoms with Crippen molar-refractivity contribution in [2.45, 2.75) is 116 Å². The number of hydrogen-bond donors (Lipinski definition) is 0. The zero-order valence-corrected chi connectivity index (χ0v) is 21.7. The van der Waals surface area contributed by atoms with Gasteiger partial charge in [-0.15, -0.1) is 0 Å². The molecule has 0 N–H and O–H groups in total. The van der Waals surface area contributed by atoms with Crippen molar-refractivity contribution in [3.05, 3.63) is 24.3 Å². The second-order valence-corrected chi connectivity index (χ2v) is 22.0. The quantitative estimate of drug-likeness (QED) is 0.410. The normalized spacial score (nSPS) is 13.9. The molecule has 0 aliphatic carbocycles. The van der Waals surface area contributed by atoms with E-state index in [1.54, 1.807) is 10.4 Å². The van der Waals surface area contributed by atoms with Crippen molar-refractivity contribution >= 4 is 26.5 Å². The second kappa shape index (κ2) is 8.77. The maximum absolute atomic E-state index is 3.89. The Bertz CT molecular complexity index is 473. The molecule has 0 aliphatic heterocycles. The van der Waals surface area contributed by atoms with Gasteiger partial charge in [-0.2, -0.15) is 0 Å². The van der Waals surface area contributed by atoms with Gasteiger partial charge >= 0.3 is 0 Å². The Kier molecular flexibility index (Phi) is 7.99. The minimum atomic E-state index is -1.72. The van der Waals surface area contributed by atoms with Crippen LogP contribution in [0.4, 0.5) is 0 Å². The zero-order valence-electron chi connectivity index (χ0n) is 19.7. The van der Waals surface area contributed by atoms with Gasteiger partial charge in [0.05, 0.1) is 16.1 Å². The molecule has 1 aromatic rings. The highest BCUT2D eigenvalue weighted by atomic mass is 28.3. The Hall–Kier alpha value is -0.346. The van der Waals surface area contributed by atoms with Crippen LogP contribution in [-0.2, 0) is 0 Å². The molecule has 0 heterocycles. The van der Waals surface area contributed by atoms with Gasteiger partial charge in [-0.1, -0.05) is 112 Å². The van der Waals surface area contributed by atoms with E-state index in [1.165, 1.54) is 0 Å². The van der Waals surface area contributed by atoms with Gasteiger partial charge in [0, 0.05) is 0 Å². The molecule has 0 unspecified atom stereocenters. The maximum atomic E-state index is 3.89. The van der Waals surface area contributed by atoms with Crippen molar-refractivity contribution in [2.24, 2.45) is 0 Å². The predicted octanol–water partition coefficient (Wildman–Crippen LogP) is 7.26. The van der Waals surface area contributed by atoms with E-state index in [-0.39, 0.29) is 0 Å². The van der Waals surface area contributed by atoms with Crippen LogP contribution in [0.1, 0.15) is 83.1 Å². The van der Waals surface area contributed by atoms with Crippen LogP contribution < -0.4 is 10.4 Å². The molecule has 0 aromatic heterocycles. The van der Waals surface area contributed by atoms with E-state index in [4.69, 9.17) is 0 Å². The largest absolute Gasteiger partial charge is 0.0949 e. The fourth-order valence-corrected chi connectivity index (χ4v) is 21.6. The molecule has 0 saturated heterocycles. The molecule has 1 aromatic carbocycles. The highest BCUT2D eigenvalue weighted by Gasteiger charge is 2.51. The van der Waals surface area contributed by atoms with Crippen molar-refractivity contribution in [2.75, 3.05) is 0 Å². The molecular weight excluding hydrogens is 344 g/mol. The number of benzene rings is 1. The molecule has 0 nitrogen and oxygen atoms in total. The lowest BCUT2D eigenvalue weighted by Gasteiger charge is -2.50. The average Bonchev–Trinajstić information content (AvgIpc) is 2.47. The number of rotatable bonds is 8. The minimum absolute atomic E-state index is 0.734. The van der Waals surface area contributed by atoms with Gasteiger partial charge in [0.15, 0.2) is 0 Å². The highest BCUT2D eigenvalue weighted by molar-refractivity contribution is 7.04. The van der Waals surface area contributed by atoms with E-state index < -0.39 is 16.1 Å². The Labute approximate surface area is 167 Å². The molecule has 0 saturated carbocycles. The summed E-state index contributed by atoms with van der Waals surface area (Å²) in [7, 11) is -3.41. The smallest absolute Gasteiger partial charge is 0.0648 e. The summed E-state index contributed by atoms with van der Waals surface area (Å²) in [4.78, 5) is 0. The Morgan fingerprint density at radius 3 is 1.23 bits per heavy atom. The molecular formula is C24H45Si2. The van der Waals surface area contributed by atoms with E-state index in [1.807, 2.05) is 0 Å². The van der Waals surface area contributed by atoms with Crippen LogP contribution in [0.3, 0.4) is 0 Å². The van der Waals surface area contributed by atoms with Crippen LogP contribution in [0, 0.1) is 6.07 Å². The van der Waals surface area contributed by atoms with Gasteiger partial charge in [0.25, 0.3) is 0 Å². The summed E-state index contributed by atoms with van der Waals surface area (Å²) >= 11 is 0. The van der Waals surface area contributed by atoms with Gasteiger partial charge in [-0.05, 0) is 39.3 Å². The Morgan fingerprint density at radius 2 is 0.923 bits per heavy atom. The van der Waals surface area contributed by atoms with Crippen LogP contribution in [0.5, 0.6) is 0 Å². The first-order valence-electron chi connectivity index (χ1n) is 10.9. The highest BCUT2D eigenvalue weighted by Crippen LogP contribution is 2.44. The molecule has 1 radical (unpaired) electrons. The van der Waals surface area contributed by atoms with E-state index >= 15 is 0 Å². The summed E-state index contributed by atoms with van der Waals surface area (Å²) in [6, 6.07) is 10.9. The molecule has 0 bridgehead atoms. The molecule has 0 spiro atoms. The molecule has 26 heavy (non-hydrogen) atoms. The predicted molar refractivity (Wildman–Crippen MR) is 127 cm³/mol. The van der Waals surface area contributed by atoms with Crippen LogP contribution in [0.25, 0.3) is 0 Å². The van der Waals surface area contributed by atoms with Crippen LogP contribution >= 0.6 is 0 Å². The lowest BCUT2D eigenvalue weighted by Crippen LogP contribution is -2.69. The molecule has 0 fully saturated rings. The molecule has 1 rings (SSSR count). The topological polar surface area (TPSA) is 0 Å². The third-order valence-electron chi connectivity index (χ3n) is 7.49. The van der Waals surface area contributed by atoms with E-state index in [0.29, 0.717) is 0 Å². The van der Waals surface area contributed by atoms with Crippen molar-refractivity contribution in [3.8, 4) is 0 Å². The monoisotopic (exact) mass is 389 g/mol. The first-order valence-corrected chi connectivity index (χ1v) is 15.4. The fourth-order valence-electron chi connectivity index (χ4n) is 6.96. The van der Waals surface area contributed by atoms with Crippen LogP contribution in [0.15, 0.2) is 18.2 Å².